The highest BCUT2D eigenvalue weighted by Crippen LogP contribution is 2.50. The molecule has 1 atom stereocenters. The molecule has 0 fully saturated rings. The Morgan fingerprint density at radius 2 is 1.52 bits per heavy atom. The first-order chi connectivity index (χ1) is 14.9. The van der Waals surface area contributed by atoms with Crippen LogP contribution in [-0.4, -0.2) is 40.2 Å². The number of hydrogen-bond acceptors (Lipinski definition) is 5. The topological polar surface area (TPSA) is 49.3 Å². The Kier molecular flexibility index (Phi) is 5.52. The van der Waals surface area contributed by atoms with Gasteiger partial charge < -0.3 is 18.9 Å². The standard InChI is InChI=1S/C26H29NO4/c1-14-11-20(29-5)24-18(9-8-10-19(24)28-4)22(14)25-21(30-6)13-17-12-15(2)27-16(3)23(17)26(25)31-7/h8-11,13,15H,12H2,1-7H3/t15-/m0/s1. The zero-order valence-electron chi connectivity index (χ0n) is 19.3. The largest absolute Gasteiger partial charge is 0.496 e. The molecule has 0 amide bonds. The van der Waals surface area contributed by atoms with Crippen molar-refractivity contribution in [1.29, 1.82) is 0 Å². The summed E-state index contributed by atoms with van der Waals surface area (Å²) in [4.78, 5) is 4.82. The molecule has 1 aliphatic rings. The van der Waals surface area contributed by atoms with Gasteiger partial charge in [-0.2, -0.15) is 0 Å². The maximum atomic E-state index is 6.04. The van der Waals surface area contributed by atoms with Gasteiger partial charge >= 0.3 is 0 Å². The van der Waals surface area contributed by atoms with Gasteiger partial charge in [0.1, 0.15) is 23.0 Å². The second kappa shape index (κ2) is 8.14. The zero-order chi connectivity index (χ0) is 22.3. The predicted octanol–water partition coefficient (Wildman–Crippen LogP) is 5.60. The fourth-order valence-electron chi connectivity index (χ4n) is 4.81. The Bertz CT molecular complexity index is 1200. The van der Waals surface area contributed by atoms with Gasteiger partial charge in [-0.25, -0.2) is 0 Å². The fourth-order valence-corrected chi connectivity index (χ4v) is 4.81. The third-order valence-corrected chi connectivity index (χ3v) is 6.02. The third-order valence-electron chi connectivity index (χ3n) is 6.02. The van der Waals surface area contributed by atoms with E-state index < -0.39 is 0 Å². The minimum atomic E-state index is 0.237. The average Bonchev–Trinajstić information content (AvgIpc) is 2.76. The molecule has 4 rings (SSSR count). The Labute approximate surface area is 183 Å². The summed E-state index contributed by atoms with van der Waals surface area (Å²) in [6.07, 6.45) is 0.857. The molecule has 5 heteroatoms. The minimum absolute atomic E-state index is 0.237. The van der Waals surface area contributed by atoms with E-state index in [0.29, 0.717) is 0 Å². The molecule has 0 aliphatic carbocycles. The van der Waals surface area contributed by atoms with Crippen molar-refractivity contribution in [2.45, 2.75) is 33.2 Å². The molecule has 3 aromatic carbocycles. The van der Waals surface area contributed by atoms with Crippen LogP contribution in [0, 0.1) is 6.92 Å². The second-order valence-electron chi connectivity index (χ2n) is 7.94. The van der Waals surface area contributed by atoms with Gasteiger partial charge in [-0.3, -0.25) is 4.99 Å². The van der Waals surface area contributed by atoms with Crippen molar-refractivity contribution < 1.29 is 18.9 Å². The predicted molar refractivity (Wildman–Crippen MR) is 126 cm³/mol. The number of nitrogens with zero attached hydrogens (tertiary/aromatic N) is 1. The summed E-state index contributed by atoms with van der Waals surface area (Å²) >= 11 is 0. The number of aliphatic imine (C=N–C) groups is 1. The average molecular weight is 420 g/mol. The van der Waals surface area contributed by atoms with Crippen molar-refractivity contribution >= 4 is 16.5 Å². The van der Waals surface area contributed by atoms with E-state index in [1.165, 1.54) is 5.56 Å². The van der Waals surface area contributed by atoms with Crippen LogP contribution in [0.1, 0.15) is 30.5 Å². The highest BCUT2D eigenvalue weighted by Gasteiger charge is 2.28. The van der Waals surface area contributed by atoms with Crippen LogP contribution in [0.3, 0.4) is 0 Å². The lowest BCUT2D eigenvalue weighted by Crippen LogP contribution is -2.18. The molecule has 0 radical (unpaired) electrons. The van der Waals surface area contributed by atoms with Gasteiger partial charge in [0, 0.05) is 16.8 Å². The van der Waals surface area contributed by atoms with Gasteiger partial charge in [-0.15, -0.1) is 0 Å². The molecule has 0 bridgehead atoms. The molecule has 0 spiro atoms. The van der Waals surface area contributed by atoms with Crippen LogP contribution in [0.5, 0.6) is 23.0 Å². The molecular weight excluding hydrogens is 390 g/mol. The summed E-state index contributed by atoms with van der Waals surface area (Å²) in [6, 6.07) is 10.4. The van der Waals surface area contributed by atoms with Gasteiger partial charge in [-0.1, -0.05) is 12.1 Å². The Hall–Kier alpha value is -3.21. The Morgan fingerprint density at radius 1 is 0.806 bits per heavy atom. The lowest BCUT2D eigenvalue weighted by atomic mass is 9.86. The van der Waals surface area contributed by atoms with E-state index in [2.05, 4.69) is 32.9 Å². The van der Waals surface area contributed by atoms with Crippen LogP contribution < -0.4 is 18.9 Å². The summed E-state index contributed by atoms with van der Waals surface area (Å²) in [5.41, 5.74) is 6.27. The maximum Gasteiger partial charge on any atom is 0.139 e. The van der Waals surface area contributed by atoms with Crippen molar-refractivity contribution in [3.05, 3.63) is 47.0 Å². The summed E-state index contributed by atoms with van der Waals surface area (Å²) in [7, 11) is 6.78. The van der Waals surface area contributed by atoms with E-state index in [1.54, 1.807) is 28.4 Å². The van der Waals surface area contributed by atoms with E-state index in [0.717, 1.165) is 68.2 Å². The number of hydrogen-bond donors (Lipinski definition) is 0. The summed E-state index contributed by atoms with van der Waals surface area (Å²) in [5, 5.41) is 1.94. The molecule has 0 aromatic heterocycles. The molecule has 3 aromatic rings. The molecule has 0 saturated heterocycles. The number of benzene rings is 3. The lowest BCUT2D eigenvalue weighted by Gasteiger charge is -2.26. The quantitative estimate of drug-likeness (QED) is 0.540. The summed E-state index contributed by atoms with van der Waals surface area (Å²) < 4.78 is 23.3. The van der Waals surface area contributed by atoms with E-state index >= 15 is 0 Å². The molecule has 0 saturated carbocycles. The Morgan fingerprint density at radius 3 is 2.16 bits per heavy atom. The minimum Gasteiger partial charge on any atom is -0.496 e. The maximum absolute atomic E-state index is 6.04. The highest BCUT2D eigenvalue weighted by molar-refractivity contribution is 6.11. The van der Waals surface area contributed by atoms with Gasteiger partial charge in [-0.05, 0) is 61.9 Å². The van der Waals surface area contributed by atoms with Crippen LogP contribution >= 0.6 is 0 Å². The molecule has 1 heterocycles. The first-order valence-electron chi connectivity index (χ1n) is 10.4. The third kappa shape index (κ3) is 3.29. The van der Waals surface area contributed by atoms with E-state index in [9.17, 15) is 0 Å². The SMILES string of the molecule is COc1cc2c(c(OC)c1-c1c(C)cc(OC)c3c(OC)cccc13)C(C)=N[C@@H](C)C2. The first-order valence-corrected chi connectivity index (χ1v) is 10.4. The van der Waals surface area contributed by atoms with E-state index in [1.807, 2.05) is 18.2 Å². The van der Waals surface area contributed by atoms with Gasteiger partial charge in [0.25, 0.3) is 0 Å². The highest BCUT2D eigenvalue weighted by atomic mass is 16.5. The number of rotatable bonds is 5. The van der Waals surface area contributed by atoms with Crippen molar-refractivity contribution in [3.8, 4) is 34.1 Å². The van der Waals surface area contributed by atoms with Crippen LogP contribution in [0.4, 0.5) is 0 Å². The van der Waals surface area contributed by atoms with Gasteiger partial charge in [0.2, 0.25) is 0 Å². The first kappa shape index (κ1) is 21.0. The van der Waals surface area contributed by atoms with Crippen molar-refractivity contribution in [2.24, 2.45) is 4.99 Å². The van der Waals surface area contributed by atoms with Crippen molar-refractivity contribution in [1.82, 2.24) is 0 Å². The molecule has 1 aliphatic heterocycles. The summed E-state index contributed by atoms with van der Waals surface area (Å²) in [5.74, 6) is 3.11. The number of methoxy groups -OCH3 is 4. The molecule has 0 N–H and O–H groups in total. The van der Waals surface area contributed by atoms with Crippen molar-refractivity contribution in [3.63, 3.8) is 0 Å². The van der Waals surface area contributed by atoms with Crippen LogP contribution in [0.25, 0.3) is 21.9 Å². The van der Waals surface area contributed by atoms with Crippen LogP contribution in [-0.2, 0) is 6.42 Å². The smallest absolute Gasteiger partial charge is 0.139 e. The van der Waals surface area contributed by atoms with Crippen LogP contribution in [0.15, 0.2) is 35.3 Å². The number of aryl methyl sites for hydroxylation is 1. The van der Waals surface area contributed by atoms with Gasteiger partial charge in [0.15, 0.2) is 0 Å². The van der Waals surface area contributed by atoms with Gasteiger partial charge in [0.05, 0.1) is 45.4 Å². The second-order valence-corrected chi connectivity index (χ2v) is 7.94. The molecular formula is C26H29NO4. The van der Waals surface area contributed by atoms with E-state index in [-0.39, 0.29) is 6.04 Å². The fraction of sp³-hybridized carbons (Fsp3) is 0.346. The zero-order valence-corrected chi connectivity index (χ0v) is 19.3. The molecule has 31 heavy (non-hydrogen) atoms. The number of ether oxygens (including phenoxy) is 4. The summed E-state index contributed by atoms with van der Waals surface area (Å²) in [6.45, 7) is 6.26. The van der Waals surface area contributed by atoms with Crippen LogP contribution in [0.2, 0.25) is 0 Å². The Balaban J connectivity index is 2.17. The molecule has 0 unspecified atom stereocenters. The molecule has 5 nitrogen and oxygen atoms in total. The normalized spacial score (nSPS) is 15.3. The van der Waals surface area contributed by atoms with Crippen molar-refractivity contribution in [2.75, 3.05) is 28.4 Å². The van der Waals surface area contributed by atoms with E-state index in [4.69, 9.17) is 23.9 Å². The molecule has 162 valence electrons. The lowest BCUT2D eigenvalue weighted by molar-refractivity contribution is 0.395. The monoisotopic (exact) mass is 419 g/mol. The number of fused-ring (bicyclic) bond motifs is 2.